The van der Waals surface area contributed by atoms with E-state index in [1.165, 1.54) is 0 Å². The number of hydrogen-bond donors (Lipinski definition) is 2. The van der Waals surface area contributed by atoms with Gasteiger partial charge in [-0.3, -0.25) is 0 Å². The van der Waals surface area contributed by atoms with Crippen molar-refractivity contribution >= 4 is 33.2 Å². The molecule has 0 aromatic heterocycles. The summed E-state index contributed by atoms with van der Waals surface area (Å²) in [6.07, 6.45) is 2.91. The van der Waals surface area contributed by atoms with Gasteiger partial charge >= 0.3 is 0 Å². The second-order valence-electron chi connectivity index (χ2n) is 5.45. The maximum atomic E-state index is 12.7. The summed E-state index contributed by atoms with van der Waals surface area (Å²) in [5, 5.41) is 4.67. The maximum Gasteiger partial charge on any atom is 0.241 e. The van der Waals surface area contributed by atoms with Crippen LogP contribution in [0.1, 0.15) is 6.42 Å². The lowest BCUT2D eigenvalue weighted by atomic mass is 10.1. The van der Waals surface area contributed by atoms with Gasteiger partial charge in [-0.25, -0.2) is 13.1 Å². The first-order valence-electron chi connectivity index (χ1n) is 7.56. The van der Waals surface area contributed by atoms with E-state index < -0.39 is 10.0 Å². The third kappa shape index (κ3) is 3.89. The lowest BCUT2D eigenvalue weighted by molar-refractivity contribution is 0.419. The predicted octanol–water partition coefficient (Wildman–Crippen LogP) is 2.47. The molecule has 130 valence electrons. The first kappa shape index (κ1) is 18.7. The predicted molar refractivity (Wildman–Crippen MR) is 98.5 cm³/mol. The van der Waals surface area contributed by atoms with Crippen LogP contribution in [0.15, 0.2) is 52.9 Å². The van der Waals surface area contributed by atoms with Crippen LogP contribution in [0.3, 0.4) is 0 Å². The maximum absolute atomic E-state index is 12.7. The van der Waals surface area contributed by atoms with Crippen molar-refractivity contribution in [2.75, 3.05) is 26.7 Å². The molecule has 0 saturated carbocycles. The highest BCUT2D eigenvalue weighted by Crippen LogP contribution is 2.30. The summed E-state index contributed by atoms with van der Waals surface area (Å²) in [5.74, 6) is 0.667. The van der Waals surface area contributed by atoms with E-state index in [0.717, 1.165) is 30.5 Å². The minimum Gasteiger partial charge on any atom is -0.496 e. The van der Waals surface area contributed by atoms with Gasteiger partial charge in [-0.15, -0.1) is 12.4 Å². The summed E-state index contributed by atoms with van der Waals surface area (Å²) < 4.78 is 33.4. The molecule has 0 fully saturated rings. The number of halogens is 1. The van der Waals surface area contributed by atoms with E-state index in [9.17, 15) is 8.42 Å². The monoisotopic (exact) mass is 368 g/mol. The van der Waals surface area contributed by atoms with Crippen molar-refractivity contribution in [3.05, 3.63) is 48.0 Å². The van der Waals surface area contributed by atoms with Gasteiger partial charge in [0.1, 0.15) is 5.75 Å². The molecule has 1 heterocycles. The molecule has 24 heavy (non-hydrogen) atoms. The number of ether oxygens (including phenoxy) is 1. The molecule has 0 saturated heterocycles. The molecular formula is C17H21ClN2O3S. The van der Waals surface area contributed by atoms with Crippen LogP contribution in [-0.2, 0) is 10.0 Å². The zero-order chi connectivity index (χ0) is 16.3. The van der Waals surface area contributed by atoms with Gasteiger partial charge in [-0.2, -0.15) is 0 Å². The normalized spacial score (nSPS) is 14.8. The Hall–Kier alpha value is -1.60. The Morgan fingerprint density at radius 2 is 1.92 bits per heavy atom. The molecule has 2 aromatic carbocycles. The summed E-state index contributed by atoms with van der Waals surface area (Å²) in [6.45, 7) is 2.03. The van der Waals surface area contributed by atoms with E-state index in [4.69, 9.17) is 4.74 Å². The Labute approximate surface area is 148 Å². The van der Waals surface area contributed by atoms with Gasteiger partial charge in [-0.1, -0.05) is 35.9 Å². The van der Waals surface area contributed by atoms with E-state index in [0.29, 0.717) is 17.7 Å². The molecule has 1 aliphatic rings. The standard InChI is InChI=1S/C17H20N2O3S.ClH/c1-22-16-6-7-17(15-5-3-2-4-14(15)16)23(20,21)19-12-13-8-10-18-11-9-13;/h2-8,18-19H,9-12H2,1H3;1H. The second-order valence-corrected chi connectivity index (χ2v) is 7.19. The topological polar surface area (TPSA) is 67.4 Å². The second kappa shape index (κ2) is 7.98. The van der Waals surface area contributed by atoms with Crippen molar-refractivity contribution in [1.29, 1.82) is 0 Å². The summed E-state index contributed by atoms with van der Waals surface area (Å²) in [6, 6.07) is 10.7. The van der Waals surface area contributed by atoms with Crippen LogP contribution in [0.2, 0.25) is 0 Å². The summed E-state index contributed by atoms with van der Waals surface area (Å²) in [7, 11) is -2.00. The SMILES string of the molecule is COc1ccc(S(=O)(=O)NCC2=CCNCC2)c2ccccc12.Cl. The molecule has 0 atom stereocenters. The van der Waals surface area contributed by atoms with E-state index in [-0.39, 0.29) is 17.3 Å². The van der Waals surface area contributed by atoms with Crippen molar-refractivity contribution < 1.29 is 13.2 Å². The third-order valence-electron chi connectivity index (χ3n) is 4.00. The molecular weight excluding hydrogens is 348 g/mol. The molecule has 0 spiro atoms. The van der Waals surface area contributed by atoms with Crippen LogP contribution in [0.5, 0.6) is 5.75 Å². The first-order chi connectivity index (χ1) is 11.1. The molecule has 1 aliphatic heterocycles. The molecule has 2 aromatic rings. The molecule has 0 aliphatic carbocycles. The number of fused-ring (bicyclic) bond motifs is 1. The zero-order valence-electron chi connectivity index (χ0n) is 13.4. The minimum atomic E-state index is -3.58. The number of hydrogen-bond acceptors (Lipinski definition) is 4. The van der Waals surface area contributed by atoms with Gasteiger partial charge in [0, 0.05) is 23.9 Å². The van der Waals surface area contributed by atoms with Crippen molar-refractivity contribution in [1.82, 2.24) is 10.0 Å². The van der Waals surface area contributed by atoms with Crippen LogP contribution in [0.25, 0.3) is 10.8 Å². The number of nitrogens with one attached hydrogen (secondary N) is 2. The van der Waals surface area contributed by atoms with Crippen LogP contribution < -0.4 is 14.8 Å². The fourth-order valence-electron chi connectivity index (χ4n) is 2.75. The summed E-state index contributed by atoms with van der Waals surface area (Å²) in [4.78, 5) is 0.281. The average molecular weight is 369 g/mol. The smallest absolute Gasteiger partial charge is 0.241 e. The Kier molecular flexibility index (Phi) is 6.23. The molecule has 0 amide bonds. The molecule has 2 N–H and O–H groups in total. The number of sulfonamides is 1. The van der Waals surface area contributed by atoms with Gasteiger partial charge < -0.3 is 10.1 Å². The molecule has 0 bridgehead atoms. The Balaban J connectivity index is 0.00000208. The van der Waals surface area contributed by atoms with Crippen LogP contribution in [0.4, 0.5) is 0 Å². The summed E-state index contributed by atoms with van der Waals surface area (Å²) in [5.41, 5.74) is 1.12. The van der Waals surface area contributed by atoms with Crippen LogP contribution in [-0.4, -0.2) is 35.2 Å². The molecule has 3 rings (SSSR count). The van der Waals surface area contributed by atoms with Gasteiger partial charge in [-0.05, 0) is 25.1 Å². The van der Waals surface area contributed by atoms with E-state index >= 15 is 0 Å². The van der Waals surface area contributed by atoms with Gasteiger partial charge in [0.2, 0.25) is 10.0 Å². The first-order valence-corrected chi connectivity index (χ1v) is 9.04. The van der Waals surface area contributed by atoms with Crippen LogP contribution in [0, 0.1) is 0 Å². The van der Waals surface area contributed by atoms with E-state index in [1.54, 1.807) is 25.3 Å². The molecule has 0 radical (unpaired) electrons. The Morgan fingerprint density at radius 3 is 2.58 bits per heavy atom. The van der Waals surface area contributed by atoms with E-state index in [1.807, 2.05) is 24.3 Å². The van der Waals surface area contributed by atoms with Crippen molar-refractivity contribution in [3.8, 4) is 5.75 Å². The lowest BCUT2D eigenvalue weighted by Gasteiger charge is -2.16. The van der Waals surface area contributed by atoms with E-state index in [2.05, 4.69) is 10.0 Å². The lowest BCUT2D eigenvalue weighted by Crippen LogP contribution is -2.29. The summed E-state index contributed by atoms with van der Waals surface area (Å²) >= 11 is 0. The van der Waals surface area contributed by atoms with Crippen molar-refractivity contribution in [3.63, 3.8) is 0 Å². The fourth-order valence-corrected chi connectivity index (χ4v) is 4.00. The Bertz CT molecular complexity index is 850. The quantitative estimate of drug-likeness (QED) is 0.795. The van der Waals surface area contributed by atoms with Crippen LogP contribution >= 0.6 is 12.4 Å². The molecule has 5 nitrogen and oxygen atoms in total. The highest BCUT2D eigenvalue weighted by molar-refractivity contribution is 7.89. The minimum absolute atomic E-state index is 0. The Morgan fingerprint density at radius 1 is 1.17 bits per heavy atom. The highest BCUT2D eigenvalue weighted by Gasteiger charge is 2.19. The number of benzene rings is 2. The zero-order valence-corrected chi connectivity index (χ0v) is 15.0. The average Bonchev–Trinajstić information content (AvgIpc) is 2.60. The van der Waals surface area contributed by atoms with Crippen molar-refractivity contribution in [2.45, 2.75) is 11.3 Å². The third-order valence-corrected chi connectivity index (χ3v) is 5.46. The highest BCUT2D eigenvalue weighted by atomic mass is 35.5. The van der Waals surface area contributed by atoms with Crippen molar-refractivity contribution in [2.24, 2.45) is 0 Å². The molecule has 0 unspecified atom stereocenters. The largest absolute Gasteiger partial charge is 0.496 e. The number of methoxy groups -OCH3 is 1. The molecule has 7 heteroatoms. The van der Waals surface area contributed by atoms with Gasteiger partial charge in [0.15, 0.2) is 0 Å². The number of rotatable bonds is 5. The van der Waals surface area contributed by atoms with Gasteiger partial charge in [0.25, 0.3) is 0 Å². The fraction of sp³-hybridized carbons (Fsp3) is 0.294. The van der Waals surface area contributed by atoms with Gasteiger partial charge in [0.05, 0.1) is 12.0 Å².